The molecule has 2 heterocycles. The van der Waals surface area contributed by atoms with E-state index in [0.29, 0.717) is 48.5 Å². The Labute approximate surface area is 216 Å². The van der Waals surface area contributed by atoms with Crippen molar-refractivity contribution in [3.8, 4) is 5.75 Å². The van der Waals surface area contributed by atoms with E-state index in [0.717, 1.165) is 12.1 Å². The number of likely N-dealkylation sites (N-methyl/N-ethyl adjacent to an activating group) is 1. The van der Waals surface area contributed by atoms with Gasteiger partial charge in [-0.2, -0.15) is 13.2 Å². The molecule has 0 bridgehead atoms. The maximum Gasteiger partial charge on any atom is 0.417 e. The standard InChI is InChI=1S/C25H25ClF3N5O3/c1-34(2)8-3-4-23(35)33-21-11-17-20(12-22(21)37-16-7-9-36-13-16)30-14-31-24(17)32-15-5-6-19(26)18(10-15)25(27,28)29/h3-6,10-12,14,16H,7-9,13H2,1-2H3,(H,33,35)(H,30,31,32). The number of carbonyl (C=O) groups excluding carboxylic acids is 1. The van der Waals surface area contributed by atoms with Gasteiger partial charge in [-0.1, -0.05) is 17.7 Å². The highest BCUT2D eigenvalue weighted by Crippen LogP contribution is 2.38. The minimum atomic E-state index is -4.61. The van der Waals surface area contributed by atoms with Gasteiger partial charge in [-0.15, -0.1) is 0 Å². The van der Waals surface area contributed by atoms with Gasteiger partial charge in [0.1, 0.15) is 24.0 Å². The van der Waals surface area contributed by atoms with Gasteiger partial charge in [0.15, 0.2) is 0 Å². The molecule has 2 aromatic carbocycles. The van der Waals surface area contributed by atoms with E-state index >= 15 is 0 Å². The number of nitrogens with one attached hydrogen (secondary N) is 2. The zero-order valence-electron chi connectivity index (χ0n) is 20.1. The summed E-state index contributed by atoms with van der Waals surface area (Å²) < 4.78 is 51.5. The molecule has 0 radical (unpaired) electrons. The lowest BCUT2D eigenvalue weighted by molar-refractivity contribution is -0.137. The Morgan fingerprint density at radius 1 is 1.27 bits per heavy atom. The highest BCUT2D eigenvalue weighted by atomic mass is 35.5. The average Bonchev–Trinajstić information content (AvgIpc) is 3.33. The van der Waals surface area contributed by atoms with Crippen LogP contribution in [0.3, 0.4) is 0 Å². The fourth-order valence-electron chi connectivity index (χ4n) is 3.67. The van der Waals surface area contributed by atoms with Crippen molar-refractivity contribution in [1.29, 1.82) is 0 Å². The Hall–Kier alpha value is -3.41. The van der Waals surface area contributed by atoms with Crippen molar-refractivity contribution in [1.82, 2.24) is 14.9 Å². The Morgan fingerprint density at radius 2 is 2.08 bits per heavy atom. The molecule has 0 saturated carbocycles. The third-order valence-corrected chi connectivity index (χ3v) is 5.78. The van der Waals surface area contributed by atoms with Crippen LogP contribution in [-0.2, 0) is 15.7 Å². The van der Waals surface area contributed by atoms with Crippen LogP contribution in [0.5, 0.6) is 5.75 Å². The van der Waals surface area contributed by atoms with Crippen LogP contribution in [0.4, 0.5) is 30.4 Å². The quantitative estimate of drug-likeness (QED) is 0.380. The largest absolute Gasteiger partial charge is 0.486 e. The van der Waals surface area contributed by atoms with E-state index in [9.17, 15) is 18.0 Å². The average molecular weight is 536 g/mol. The SMILES string of the molecule is CN(C)CC=CC(=O)Nc1cc2c(Nc3ccc(Cl)c(C(F)(F)F)c3)ncnc2cc1OC1CCOC1. The summed E-state index contributed by atoms with van der Waals surface area (Å²) in [5.41, 5.74) is 0.00299. The van der Waals surface area contributed by atoms with E-state index in [-0.39, 0.29) is 23.5 Å². The summed E-state index contributed by atoms with van der Waals surface area (Å²) in [4.78, 5) is 23.0. The van der Waals surface area contributed by atoms with Crippen molar-refractivity contribution in [3.63, 3.8) is 0 Å². The highest BCUT2D eigenvalue weighted by molar-refractivity contribution is 6.31. The number of carbonyl (C=O) groups is 1. The van der Waals surface area contributed by atoms with Gasteiger partial charge >= 0.3 is 6.18 Å². The van der Waals surface area contributed by atoms with Gasteiger partial charge in [0.2, 0.25) is 5.91 Å². The van der Waals surface area contributed by atoms with Crippen LogP contribution in [0.2, 0.25) is 5.02 Å². The number of fused-ring (bicyclic) bond motifs is 1. The lowest BCUT2D eigenvalue weighted by Gasteiger charge is -2.18. The van der Waals surface area contributed by atoms with E-state index < -0.39 is 16.8 Å². The van der Waals surface area contributed by atoms with Crippen molar-refractivity contribution in [2.45, 2.75) is 18.7 Å². The number of halogens is 4. The molecule has 4 rings (SSSR count). The first-order valence-corrected chi connectivity index (χ1v) is 11.8. The van der Waals surface area contributed by atoms with Crippen LogP contribution in [0.1, 0.15) is 12.0 Å². The fourth-order valence-corrected chi connectivity index (χ4v) is 3.89. The number of alkyl halides is 3. The number of nitrogens with zero attached hydrogens (tertiary/aromatic N) is 3. The number of amides is 1. The number of ether oxygens (including phenoxy) is 2. The van der Waals surface area contributed by atoms with E-state index in [1.807, 2.05) is 19.0 Å². The van der Waals surface area contributed by atoms with Gasteiger partial charge in [0.05, 0.1) is 35.0 Å². The third-order valence-electron chi connectivity index (χ3n) is 5.45. The molecule has 1 saturated heterocycles. The van der Waals surface area contributed by atoms with Crippen molar-refractivity contribution in [3.05, 3.63) is 59.4 Å². The topological polar surface area (TPSA) is 88.6 Å². The molecule has 1 amide bonds. The van der Waals surface area contributed by atoms with Crippen LogP contribution in [0.15, 0.2) is 48.8 Å². The first kappa shape index (κ1) is 26.6. The minimum Gasteiger partial charge on any atom is -0.486 e. The van der Waals surface area contributed by atoms with Crippen molar-refractivity contribution >= 4 is 45.6 Å². The van der Waals surface area contributed by atoms with Crippen LogP contribution >= 0.6 is 11.6 Å². The van der Waals surface area contributed by atoms with Gasteiger partial charge < -0.3 is 25.0 Å². The second kappa shape index (κ2) is 11.3. The second-order valence-corrected chi connectivity index (χ2v) is 9.07. The molecule has 1 fully saturated rings. The molecule has 1 aromatic heterocycles. The van der Waals surface area contributed by atoms with Gasteiger partial charge in [-0.25, -0.2) is 9.97 Å². The third kappa shape index (κ3) is 6.88. The zero-order chi connectivity index (χ0) is 26.6. The summed E-state index contributed by atoms with van der Waals surface area (Å²) in [6, 6.07) is 6.77. The van der Waals surface area contributed by atoms with E-state index in [1.165, 1.54) is 18.5 Å². The second-order valence-electron chi connectivity index (χ2n) is 8.66. The fraction of sp³-hybridized carbons (Fsp3) is 0.320. The van der Waals surface area contributed by atoms with Crippen LogP contribution < -0.4 is 15.4 Å². The first-order valence-electron chi connectivity index (χ1n) is 11.4. The number of rotatable bonds is 8. The molecule has 1 atom stereocenters. The number of hydrogen-bond acceptors (Lipinski definition) is 7. The molecule has 3 aromatic rings. The molecule has 1 aliphatic heterocycles. The number of benzene rings is 2. The van der Waals surface area contributed by atoms with Gasteiger partial charge in [0, 0.05) is 36.2 Å². The van der Waals surface area contributed by atoms with Gasteiger partial charge in [-0.05, 0) is 38.4 Å². The van der Waals surface area contributed by atoms with Gasteiger partial charge in [0.25, 0.3) is 0 Å². The first-order chi connectivity index (χ1) is 17.6. The molecule has 2 N–H and O–H groups in total. The lowest BCUT2D eigenvalue weighted by Crippen LogP contribution is -2.18. The van der Waals surface area contributed by atoms with Crippen LogP contribution in [0, 0.1) is 0 Å². The zero-order valence-corrected chi connectivity index (χ0v) is 20.9. The Morgan fingerprint density at radius 3 is 2.78 bits per heavy atom. The Balaban J connectivity index is 1.70. The predicted octanol–water partition coefficient (Wildman–Crippen LogP) is 5.27. The summed E-state index contributed by atoms with van der Waals surface area (Å²) in [6.45, 7) is 1.57. The molecule has 1 aliphatic rings. The van der Waals surface area contributed by atoms with E-state index in [2.05, 4.69) is 20.6 Å². The van der Waals surface area contributed by atoms with Crippen LogP contribution in [0.25, 0.3) is 10.9 Å². The lowest BCUT2D eigenvalue weighted by atomic mass is 10.1. The molecule has 196 valence electrons. The van der Waals surface area contributed by atoms with E-state index in [1.54, 1.807) is 18.2 Å². The maximum atomic E-state index is 13.3. The molecular weight excluding hydrogens is 511 g/mol. The molecule has 0 spiro atoms. The number of anilines is 3. The predicted molar refractivity (Wildman–Crippen MR) is 135 cm³/mol. The molecule has 8 nitrogen and oxygen atoms in total. The monoisotopic (exact) mass is 535 g/mol. The van der Waals surface area contributed by atoms with Crippen LogP contribution in [-0.4, -0.2) is 60.7 Å². The maximum absolute atomic E-state index is 13.3. The summed E-state index contributed by atoms with van der Waals surface area (Å²) in [5, 5.41) is 5.78. The summed E-state index contributed by atoms with van der Waals surface area (Å²) >= 11 is 5.74. The van der Waals surface area contributed by atoms with Gasteiger partial charge in [-0.3, -0.25) is 4.79 Å². The van der Waals surface area contributed by atoms with Crippen molar-refractivity contribution in [2.24, 2.45) is 0 Å². The normalized spacial score (nSPS) is 16.0. The summed E-state index contributed by atoms with van der Waals surface area (Å²) in [5.74, 6) is 0.273. The Bertz CT molecular complexity index is 1310. The van der Waals surface area contributed by atoms with Crippen molar-refractivity contribution < 1.29 is 27.4 Å². The molecule has 0 aliphatic carbocycles. The highest BCUT2D eigenvalue weighted by Gasteiger charge is 2.33. The number of hydrogen-bond donors (Lipinski definition) is 2. The smallest absolute Gasteiger partial charge is 0.417 e. The van der Waals surface area contributed by atoms with E-state index in [4.69, 9.17) is 21.1 Å². The summed E-state index contributed by atoms with van der Waals surface area (Å²) in [7, 11) is 3.77. The Kier molecular flexibility index (Phi) is 8.16. The molecule has 37 heavy (non-hydrogen) atoms. The molecular formula is C25H25ClF3N5O3. The molecule has 1 unspecified atom stereocenters. The summed E-state index contributed by atoms with van der Waals surface area (Å²) in [6.07, 6.45) is 0.317. The molecule has 12 heteroatoms. The minimum absolute atomic E-state index is 0.136. The van der Waals surface area contributed by atoms with Crippen molar-refractivity contribution in [2.75, 3.05) is 44.5 Å². The number of aromatic nitrogens is 2.